The molecule has 5 nitrogen and oxygen atoms in total. The van der Waals surface area contributed by atoms with Crippen molar-refractivity contribution in [2.24, 2.45) is 11.7 Å². The molecule has 2 aromatic carbocycles. The molecule has 0 bridgehead atoms. The molecule has 25 heavy (non-hydrogen) atoms. The molecule has 1 fully saturated rings. The van der Waals surface area contributed by atoms with E-state index < -0.39 is 11.9 Å². The number of ether oxygens (including phenoxy) is 1. The maximum absolute atomic E-state index is 12.2. The highest BCUT2D eigenvalue weighted by Crippen LogP contribution is 2.20. The molecule has 1 heterocycles. The number of hydrogen-bond donors (Lipinski definition) is 2. The zero-order valence-corrected chi connectivity index (χ0v) is 14.0. The van der Waals surface area contributed by atoms with Crippen molar-refractivity contribution < 1.29 is 14.3 Å². The number of amides is 2. The van der Waals surface area contributed by atoms with Crippen LogP contribution >= 0.6 is 0 Å². The van der Waals surface area contributed by atoms with Gasteiger partial charge in [-0.25, -0.2) is 0 Å². The van der Waals surface area contributed by atoms with Crippen molar-refractivity contribution in [3.05, 3.63) is 60.2 Å². The molecule has 0 spiro atoms. The fourth-order valence-electron chi connectivity index (χ4n) is 2.95. The van der Waals surface area contributed by atoms with Crippen molar-refractivity contribution in [3.63, 3.8) is 0 Å². The van der Waals surface area contributed by atoms with Crippen LogP contribution in [0.4, 0.5) is 0 Å². The van der Waals surface area contributed by atoms with Crippen LogP contribution in [-0.4, -0.2) is 31.1 Å². The van der Waals surface area contributed by atoms with Crippen molar-refractivity contribution in [2.45, 2.75) is 18.9 Å². The Balaban J connectivity index is 1.65. The molecule has 0 unspecified atom stereocenters. The Hall–Kier alpha value is -2.66. The van der Waals surface area contributed by atoms with Crippen molar-refractivity contribution in [3.8, 4) is 11.1 Å². The van der Waals surface area contributed by atoms with E-state index in [0.717, 1.165) is 16.7 Å². The van der Waals surface area contributed by atoms with Gasteiger partial charge in [-0.15, -0.1) is 0 Å². The van der Waals surface area contributed by atoms with Gasteiger partial charge < -0.3 is 15.8 Å². The number of hydrogen-bond acceptors (Lipinski definition) is 3. The topological polar surface area (TPSA) is 81.4 Å². The summed E-state index contributed by atoms with van der Waals surface area (Å²) in [6.07, 6.45) is 1.06. The van der Waals surface area contributed by atoms with Gasteiger partial charge in [0.15, 0.2) is 0 Å². The molecule has 0 aliphatic carbocycles. The highest BCUT2D eigenvalue weighted by molar-refractivity contribution is 5.88. The summed E-state index contributed by atoms with van der Waals surface area (Å²) in [6, 6.07) is 17.3. The molecule has 0 radical (unpaired) electrons. The van der Waals surface area contributed by atoms with Crippen molar-refractivity contribution in [2.75, 3.05) is 13.2 Å². The van der Waals surface area contributed by atoms with E-state index in [4.69, 9.17) is 10.5 Å². The minimum atomic E-state index is -0.712. The number of carbonyl (C=O) groups is 2. The minimum Gasteiger partial charge on any atom is -0.381 e. The van der Waals surface area contributed by atoms with Gasteiger partial charge in [0.05, 0.1) is 12.5 Å². The first-order valence-electron chi connectivity index (χ1n) is 8.45. The SMILES string of the molecule is NC(=O)[C@@H](Cc1ccc(-c2ccccc2)cc1)NC(=O)[C@H]1CCOC1. The van der Waals surface area contributed by atoms with Crippen molar-refractivity contribution in [1.82, 2.24) is 5.32 Å². The lowest BCUT2D eigenvalue weighted by Gasteiger charge is -2.18. The minimum absolute atomic E-state index is 0.165. The molecule has 0 saturated carbocycles. The van der Waals surface area contributed by atoms with E-state index in [0.29, 0.717) is 26.1 Å². The second-order valence-corrected chi connectivity index (χ2v) is 6.29. The number of benzene rings is 2. The molecule has 2 atom stereocenters. The fraction of sp³-hybridized carbons (Fsp3) is 0.300. The quantitative estimate of drug-likeness (QED) is 0.844. The summed E-state index contributed by atoms with van der Waals surface area (Å²) >= 11 is 0. The molecule has 2 aromatic rings. The molecular formula is C20H22N2O3. The Morgan fingerprint density at radius 2 is 1.76 bits per heavy atom. The highest BCUT2D eigenvalue weighted by atomic mass is 16.5. The standard InChI is InChI=1S/C20H22N2O3/c21-19(23)18(22-20(24)17-10-11-25-13-17)12-14-6-8-16(9-7-14)15-4-2-1-3-5-15/h1-9,17-18H,10-13H2,(H2,21,23)(H,22,24)/t17-,18+/m0/s1. The Bertz CT molecular complexity index is 722. The molecule has 3 rings (SSSR count). The van der Waals surface area contributed by atoms with E-state index in [9.17, 15) is 9.59 Å². The van der Waals surface area contributed by atoms with E-state index in [1.165, 1.54) is 0 Å². The van der Waals surface area contributed by atoms with Gasteiger partial charge in [-0.2, -0.15) is 0 Å². The summed E-state index contributed by atoms with van der Waals surface area (Å²) in [5, 5.41) is 2.76. The Morgan fingerprint density at radius 1 is 1.08 bits per heavy atom. The van der Waals surface area contributed by atoms with Crippen LogP contribution in [0.2, 0.25) is 0 Å². The third-order valence-corrected chi connectivity index (χ3v) is 4.46. The number of primary amides is 1. The monoisotopic (exact) mass is 338 g/mol. The Morgan fingerprint density at radius 3 is 2.36 bits per heavy atom. The normalized spacial score (nSPS) is 17.8. The predicted octanol–water partition coefficient (Wildman–Crippen LogP) is 1.90. The van der Waals surface area contributed by atoms with Crippen LogP contribution in [0.5, 0.6) is 0 Å². The summed E-state index contributed by atoms with van der Waals surface area (Å²) in [4.78, 5) is 23.9. The summed E-state index contributed by atoms with van der Waals surface area (Å²) < 4.78 is 5.22. The smallest absolute Gasteiger partial charge is 0.240 e. The molecular weight excluding hydrogens is 316 g/mol. The third kappa shape index (κ3) is 4.45. The Kier molecular flexibility index (Phi) is 5.46. The first kappa shape index (κ1) is 17.2. The van der Waals surface area contributed by atoms with Crippen LogP contribution in [0.1, 0.15) is 12.0 Å². The number of rotatable bonds is 6. The molecule has 1 aliphatic heterocycles. The second kappa shape index (κ2) is 7.94. The van der Waals surface area contributed by atoms with Crippen LogP contribution in [0, 0.1) is 5.92 Å². The lowest BCUT2D eigenvalue weighted by atomic mass is 10.00. The van der Waals surface area contributed by atoms with Crippen LogP contribution in [0.3, 0.4) is 0 Å². The van der Waals surface area contributed by atoms with E-state index in [1.807, 2.05) is 54.6 Å². The Labute approximate surface area is 147 Å². The van der Waals surface area contributed by atoms with Gasteiger partial charge in [0, 0.05) is 13.0 Å². The molecule has 130 valence electrons. The highest BCUT2D eigenvalue weighted by Gasteiger charge is 2.27. The molecule has 1 saturated heterocycles. The first-order chi connectivity index (χ1) is 12.1. The van der Waals surface area contributed by atoms with Crippen LogP contribution in [0.25, 0.3) is 11.1 Å². The van der Waals surface area contributed by atoms with E-state index in [-0.39, 0.29) is 11.8 Å². The summed E-state index contributed by atoms with van der Waals surface area (Å²) in [5.74, 6) is -0.885. The second-order valence-electron chi connectivity index (χ2n) is 6.29. The van der Waals surface area contributed by atoms with Gasteiger partial charge >= 0.3 is 0 Å². The summed E-state index contributed by atoms with van der Waals surface area (Å²) in [6.45, 7) is 0.989. The molecule has 1 aliphatic rings. The maximum Gasteiger partial charge on any atom is 0.240 e. The van der Waals surface area contributed by atoms with Gasteiger partial charge in [0.2, 0.25) is 11.8 Å². The van der Waals surface area contributed by atoms with Gasteiger partial charge in [0.1, 0.15) is 6.04 Å². The van der Waals surface area contributed by atoms with Gasteiger partial charge in [-0.05, 0) is 23.1 Å². The molecule has 0 aromatic heterocycles. The van der Waals surface area contributed by atoms with Crippen LogP contribution in [-0.2, 0) is 20.7 Å². The van der Waals surface area contributed by atoms with E-state index in [2.05, 4.69) is 5.32 Å². The average molecular weight is 338 g/mol. The van der Waals surface area contributed by atoms with Gasteiger partial charge in [0.25, 0.3) is 0 Å². The predicted molar refractivity (Wildman–Crippen MR) is 95.6 cm³/mol. The van der Waals surface area contributed by atoms with E-state index >= 15 is 0 Å². The molecule has 3 N–H and O–H groups in total. The third-order valence-electron chi connectivity index (χ3n) is 4.46. The zero-order chi connectivity index (χ0) is 17.6. The molecule has 5 heteroatoms. The summed E-state index contributed by atoms with van der Waals surface area (Å²) in [5.41, 5.74) is 8.66. The fourth-order valence-corrected chi connectivity index (χ4v) is 2.95. The zero-order valence-electron chi connectivity index (χ0n) is 14.0. The number of nitrogens with one attached hydrogen (secondary N) is 1. The average Bonchev–Trinajstić information content (AvgIpc) is 3.17. The molecule has 2 amide bonds. The van der Waals surface area contributed by atoms with Crippen LogP contribution in [0.15, 0.2) is 54.6 Å². The summed E-state index contributed by atoms with van der Waals surface area (Å²) in [7, 11) is 0. The van der Waals surface area contributed by atoms with Gasteiger partial charge in [-0.1, -0.05) is 54.6 Å². The number of carbonyl (C=O) groups excluding carboxylic acids is 2. The largest absolute Gasteiger partial charge is 0.381 e. The van der Waals surface area contributed by atoms with Crippen molar-refractivity contribution >= 4 is 11.8 Å². The number of nitrogens with two attached hydrogens (primary N) is 1. The lowest BCUT2D eigenvalue weighted by Crippen LogP contribution is -2.48. The van der Waals surface area contributed by atoms with Crippen LogP contribution < -0.4 is 11.1 Å². The lowest BCUT2D eigenvalue weighted by molar-refractivity contribution is -0.129. The van der Waals surface area contributed by atoms with E-state index in [1.54, 1.807) is 0 Å². The first-order valence-corrected chi connectivity index (χ1v) is 8.45. The maximum atomic E-state index is 12.2. The van der Waals surface area contributed by atoms with Crippen molar-refractivity contribution in [1.29, 1.82) is 0 Å². The van der Waals surface area contributed by atoms with Gasteiger partial charge in [-0.3, -0.25) is 9.59 Å².